The molecule has 178 valence electrons. The minimum absolute atomic E-state index is 0.176. The molecule has 0 amide bonds. The summed E-state index contributed by atoms with van der Waals surface area (Å²) in [4.78, 5) is 13.1. The average Bonchev–Trinajstić information content (AvgIpc) is 3.32. The third kappa shape index (κ3) is 4.76. The number of thioether (sulfide) groups is 1. The zero-order valence-corrected chi connectivity index (χ0v) is 19.7. The van der Waals surface area contributed by atoms with Gasteiger partial charge in [-0.2, -0.15) is 13.2 Å². The molecule has 1 aliphatic heterocycles. The number of hydrogen-bond donors (Lipinski definition) is 1. The monoisotopic (exact) mass is 499 g/mol. The Hall–Kier alpha value is -2.12. The van der Waals surface area contributed by atoms with Crippen molar-refractivity contribution in [1.82, 2.24) is 24.7 Å². The topological polar surface area (TPSA) is 95.0 Å². The second-order valence-electron chi connectivity index (χ2n) is 8.43. The maximum absolute atomic E-state index is 13.3. The number of halogens is 3. The van der Waals surface area contributed by atoms with Crippen LogP contribution in [0, 0.1) is 5.92 Å². The van der Waals surface area contributed by atoms with E-state index in [1.807, 2.05) is 0 Å². The lowest BCUT2D eigenvalue weighted by Crippen LogP contribution is -2.38. The summed E-state index contributed by atoms with van der Waals surface area (Å²) in [6, 6.07) is 0. The zero-order chi connectivity index (χ0) is 23.2. The fraction of sp³-hybridized carbons (Fsp3) is 0.600. The number of nitrogens with two attached hydrogens (primary N) is 1. The Morgan fingerprint density at radius 2 is 2.00 bits per heavy atom. The van der Waals surface area contributed by atoms with Gasteiger partial charge in [0.15, 0.2) is 5.16 Å². The molecule has 0 saturated carbocycles. The summed E-state index contributed by atoms with van der Waals surface area (Å²) in [5, 5.41) is 9.21. The molecule has 0 bridgehead atoms. The van der Waals surface area contributed by atoms with Crippen LogP contribution in [0.1, 0.15) is 29.6 Å². The molecule has 1 unspecified atom stereocenters. The number of nitrogens with zero attached hydrogens (tertiary/aromatic N) is 6. The number of nitrogen functional groups attached to an aromatic ring is 1. The molecule has 4 heterocycles. The van der Waals surface area contributed by atoms with Crippen molar-refractivity contribution in [3.05, 3.63) is 16.3 Å². The summed E-state index contributed by atoms with van der Waals surface area (Å²) >= 11 is 2.78. The summed E-state index contributed by atoms with van der Waals surface area (Å²) in [6.45, 7) is 2.91. The number of fused-ring (bicyclic) bond motifs is 3. The maximum atomic E-state index is 13.3. The molecule has 2 N–H and O–H groups in total. The van der Waals surface area contributed by atoms with E-state index in [0.717, 1.165) is 45.8 Å². The van der Waals surface area contributed by atoms with Gasteiger partial charge in [-0.25, -0.2) is 9.97 Å². The SMILES string of the molecule is CC1CCc2c(sc3nc(CSc4nnc(N5CCOCC5)n4CC(F)(F)F)nc(N)c23)C1. The van der Waals surface area contributed by atoms with Crippen molar-refractivity contribution in [2.24, 2.45) is 5.92 Å². The van der Waals surface area contributed by atoms with Crippen molar-refractivity contribution >= 4 is 45.1 Å². The molecule has 8 nitrogen and oxygen atoms in total. The molecular weight excluding hydrogens is 475 g/mol. The first kappa shape index (κ1) is 22.7. The van der Waals surface area contributed by atoms with Crippen molar-refractivity contribution in [3.63, 3.8) is 0 Å². The highest BCUT2D eigenvalue weighted by Crippen LogP contribution is 2.39. The van der Waals surface area contributed by atoms with Gasteiger partial charge in [-0.15, -0.1) is 21.5 Å². The summed E-state index contributed by atoms with van der Waals surface area (Å²) in [6.07, 6.45) is -1.28. The smallest absolute Gasteiger partial charge is 0.383 e. The van der Waals surface area contributed by atoms with Crippen LogP contribution in [-0.4, -0.2) is 57.2 Å². The van der Waals surface area contributed by atoms with Crippen LogP contribution in [0.3, 0.4) is 0 Å². The second-order valence-corrected chi connectivity index (χ2v) is 10.5. The van der Waals surface area contributed by atoms with Crippen molar-refractivity contribution in [2.45, 2.75) is 49.8 Å². The molecule has 2 aliphatic rings. The highest BCUT2D eigenvalue weighted by Gasteiger charge is 2.33. The minimum Gasteiger partial charge on any atom is -0.383 e. The third-order valence-electron chi connectivity index (χ3n) is 5.89. The normalized spacial score (nSPS) is 19.3. The van der Waals surface area contributed by atoms with E-state index >= 15 is 0 Å². The summed E-state index contributed by atoms with van der Waals surface area (Å²) < 4.78 is 46.3. The lowest BCUT2D eigenvalue weighted by atomic mass is 9.89. The molecular formula is C20H24F3N7OS2. The Bertz CT molecular complexity index is 1160. The van der Waals surface area contributed by atoms with Gasteiger partial charge in [0.05, 0.1) is 24.4 Å². The van der Waals surface area contributed by atoms with Gasteiger partial charge in [-0.1, -0.05) is 18.7 Å². The van der Waals surface area contributed by atoms with Crippen LogP contribution in [0.2, 0.25) is 0 Å². The summed E-state index contributed by atoms with van der Waals surface area (Å²) in [5.41, 5.74) is 7.54. The number of aryl methyl sites for hydroxylation is 1. The zero-order valence-electron chi connectivity index (χ0n) is 18.1. The van der Waals surface area contributed by atoms with Crippen molar-refractivity contribution in [2.75, 3.05) is 36.9 Å². The van der Waals surface area contributed by atoms with E-state index in [-0.39, 0.29) is 16.9 Å². The van der Waals surface area contributed by atoms with Crippen molar-refractivity contribution in [3.8, 4) is 0 Å². The maximum Gasteiger partial charge on any atom is 0.406 e. The number of ether oxygens (including phenoxy) is 1. The predicted molar refractivity (Wildman–Crippen MR) is 122 cm³/mol. The van der Waals surface area contributed by atoms with Gasteiger partial charge < -0.3 is 15.4 Å². The van der Waals surface area contributed by atoms with Gasteiger partial charge in [0.25, 0.3) is 0 Å². The van der Waals surface area contributed by atoms with E-state index in [0.29, 0.717) is 43.9 Å². The summed E-state index contributed by atoms with van der Waals surface area (Å²) in [7, 11) is 0. The van der Waals surface area contributed by atoms with E-state index < -0.39 is 12.7 Å². The lowest BCUT2D eigenvalue weighted by molar-refractivity contribution is -0.141. The van der Waals surface area contributed by atoms with Crippen LogP contribution < -0.4 is 10.6 Å². The fourth-order valence-electron chi connectivity index (χ4n) is 4.31. The molecule has 1 saturated heterocycles. The Morgan fingerprint density at radius 3 is 2.76 bits per heavy atom. The largest absolute Gasteiger partial charge is 0.406 e. The number of rotatable bonds is 5. The Balaban J connectivity index is 1.40. The number of alkyl halides is 3. The van der Waals surface area contributed by atoms with Gasteiger partial charge in [0, 0.05) is 18.0 Å². The highest BCUT2D eigenvalue weighted by atomic mass is 32.2. The van der Waals surface area contributed by atoms with Crippen molar-refractivity contribution in [1.29, 1.82) is 0 Å². The van der Waals surface area contributed by atoms with E-state index in [9.17, 15) is 13.2 Å². The van der Waals surface area contributed by atoms with E-state index in [1.54, 1.807) is 16.2 Å². The molecule has 0 radical (unpaired) electrons. The first-order chi connectivity index (χ1) is 15.8. The van der Waals surface area contributed by atoms with Crippen LogP contribution >= 0.6 is 23.1 Å². The molecule has 0 aromatic carbocycles. The van der Waals surface area contributed by atoms with Crippen LogP contribution in [-0.2, 0) is 29.9 Å². The molecule has 13 heteroatoms. The van der Waals surface area contributed by atoms with Gasteiger partial charge >= 0.3 is 6.18 Å². The Labute approximate surface area is 196 Å². The van der Waals surface area contributed by atoms with Gasteiger partial charge in [-0.05, 0) is 30.7 Å². The van der Waals surface area contributed by atoms with E-state index in [4.69, 9.17) is 10.5 Å². The highest BCUT2D eigenvalue weighted by molar-refractivity contribution is 7.98. The van der Waals surface area contributed by atoms with Crippen LogP contribution in [0.5, 0.6) is 0 Å². The average molecular weight is 500 g/mol. The third-order valence-corrected chi connectivity index (χ3v) is 8.00. The van der Waals surface area contributed by atoms with Crippen LogP contribution in [0.15, 0.2) is 5.16 Å². The Kier molecular flexibility index (Phi) is 6.12. The second kappa shape index (κ2) is 8.91. The number of anilines is 2. The first-order valence-corrected chi connectivity index (χ1v) is 12.6. The van der Waals surface area contributed by atoms with Crippen molar-refractivity contribution < 1.29 is 17.9 Å². The number of aromatic nitrogens is 5. The molecule has 3 aromatic heterocycles. The number of thiophene rings is 1. The molecule has 1 fully saturated rings. The molecule has 1 atom stereocenters. The lowest BCUT2D eigenvalue weighted by Gasteiger charge is -2.28. The van der Waals surface area contributed by atoms with Gasteiger partial charge in [0.2, 0.25) is 5.95 Å². The van der Waals surface area contributed by atoms with Gasteiger partial charge in [-0.3, -0.25) is 4.57 Å². The van der Waals surface area contributed by atoms with Crippen LogP contribution in [0.25, 0.3) is 10.2 Å². The molecule has 5 rings (SSSR count). The van der Waals surface area contributed by atoms with E-state index in [2.05, 4.69) is 27.1 Å². The quantitative estimate of drug-likeness (QED) is 0.532. The van der Waals surface area contributed by atoms with Crippen LogP contribution in [0.4, 0.5) is 24.9 Å². The molecule has 33 heavy (non-hydrogen) atoms. The fourth-order valence-corrected chi connectivity index (χ4v) is 6.51. The molecule has 3 aromatic rings. The molecule has 0 spiro atoms. The van der Waals surface area contributed by atoms with Gasteiger partial charge in [0.1, 0.15) is 23.0 Å². The standard InChI is InChI=1S/C20H24F3N7OS2/c1-11-2-3-12-13(8-11)33-17-15(12)16(24)25-14(26-17)9-32-19-28-27-18(29-4-6-31-7-5-29)30(19)10-20(21,22)23/h11H,2-10H2,1H3,(H2,24,25,26). The molecule has 1 aliphatic carbocycles. The number of hydrogen-bond acceptors (Lipinski definition) is 9. The predicted octanol–water partition coefficient (Wildman–Crippen LogP) is 3.68. The summed E-state index contributed by atoms with van der Waals surface area (Å²) in [5.74, 6) is 2.00. The van der Waals surface area contributed by atoms with E-state index in [1.165, 1.54) is 10.4 Å². The first-order valence-electron chi connectivity index (χ1n) is 10.8. The minimum atomic E-state index is -4.40. The Morgan fingerprint density at radius 1 is 1.21 bits per heavy atom. The number of morpholine rings is 1.